The van der Waals surface area contributed by atoms with Crippen LogP contribution in [0.25, 0.3) is 0 Å². The summed E-state index contributed by atoms with van der Waals surface area (Å²) < 4.78 is 4.94. The highest BCUT2D eigenvalue weighted by atomic mass is 16.5. The minimum absolute atomic E-state index is 0.218. The average Bonchev–Trinajstić information content (AvgIpc) is 2.64. The molecule has 7 nitrogen and oxygen atoms in total. The molecule has 0 aromatic carbocycles. The summed E-state index contributed by atoms with van der Waals surface area (Å²) in [6.45, 7) is 1.98. The van der Waals surface area contributed by atoms with Crippen molar-refractivity contribution in [1.29, 1.82) is 0 Å². The Labute approximate surface area is 142 Å². The second kappa shape index (κ2) is 9.57. The average molecular weight is 329 g/mol. The van der Waals surface area contributed by atoms with Gasteiger partial charge in [0.15, 0.2) is 11.5 Å². The van der Waals surface area contributed by atoms with Crippen LogP contribution >= 0.6 is 0 Å². The molecule has 0 saturated carbocycles. The van der Waals surface area contributed by atoms with E-state index in [9.17, 15) is 4.79 Å². The molecule has 0 radical (unpaired) electrons. The first-order chi connectivity index (χ1) is 11.7. The predicted octanol–water partition coefficient (Wildman–Crippen LogP) is 1.32. The zero-order chi connectivity index (χ0) is 17.2. The van der Waals surface area contributed by atoms with Gasteiger partial charge in [-0.25, -0.2) is 0 Å². The minimum Gasteiger partial charge on any atom is -0.385 e. The molecule has 128 valence electrons. The molecule has 0 spiro atoms. The summed E-state index contributed by atoms with van der Waals surface area (Å²) in [4.78, 5) is 17.9. The summed E-state index contributed by atoms with van der Waals surface area (Å²) in [6, 6.07) is 7.49. The topological polar surface area (TPSA) is 80.2 Å². The van der Waals surface area contributed by atoms with Gasteiger partial charge in [0, 0.05) is 46.2 Å². The van der Waals surface area contributed by atoms with Crippen molar-refractivity contribution in [2.75, 3.05) is 38.8 Å². The van der Waals surface area contributed by atoms with Gasteiger partial charge in [-0.3, -0.25) is 9.78 Å². The van der Waals surface area contributed by atoms with Gasteiger partial charge >= 0.3 is 0 Å². The van der Waals surface area contributed by atoms with E-state index in [1.807, 2.05) is 30.1 Å². The number of carbonyl (C=O) groups excluding carboxylic acids is 1. The van der Waals surface area contributed by atoms with E-state index in [-0.39, 0.29) is 5.91 Å². The van der Waals surface area contributed by atoms with Gasteiger partial charge in [-0.2, -0.15) is 0 Å². The molecule has 2 rings (SSSR count). The summed E-state index contributed by atoms with van der Waals surface area (Å²) in [5.74, 6) is 0.518. The van der Waals surface area contributed by atoms with Crippen LogP contribution in [-0.2, 0) is 11.2 Å². The van der Waals surface area contributed by atoms with Gasteiger partial charge in [0.05, 0.1) is 0 Å². The number of nitrogens with zero attached hydrogens (tertiary/aromatic N) is 4. The summed E-state index contributed by atoms with van der Waals surface area (Å²) in [6.07, 6.45) is 5.23. The Morgan fingerprint density at radius 3 is 2.67 bits per heavy atom. The van der Waals surface area contributed by atoms with E-state index in [0.29, 0.717) is 18.8 Å². The monoisotopic (exact) mass is 329 g/mol. The number of nitrogens with one attached hydrogen (secondary N) is 1. The normalized spacial score (nSPS) is 10.4. The third-order valence-electron chi connectivity index (χ3n) is 3.57. The standard InChI is InChI=1S/C17H23N5O2/c1-22(12-8-14-6-10-18-11-7-14)16-5-4-15(20-21-16)17(23)19-9-3-13-24-2/h4-7,10-11H,3,8-9,12-13H2,1-2H3,(H,19,23). The van der Waals surface area contributed by atoms with Crippen molar-refractivity contribution < 1.29 is 9.53 Å². The first kappa shape index (κ1) is 17.8. The number of ether oxygens (including phenoxy) is 1. The number of aromatic nitrogens is 3. The Bertz CT molecular complexity index is 619. The van der Waals surface area contributed by atoms with Gasteiger partial charge in [-0.05, 0) is 42.7 Å². The van der Waals surface area contributed by atoms with E-state index in [0.717, 1.165) is 25.2 Å². The lowest BCUT2D eigenvalue weighted by Crippen LogP contribution is -2.27. The zero-order valence-electron chi connectivity index (χ0n) is 14.1. The number of hydrogen-bond donors (Lipinski definition) is 1. The van der Waals surface area contributed by atoms with Crippen molar-refractivity contribution >= 4 is 11.7 Å². The largest absolute Gasteiger partial charge is 0.385 e. The van der Waals surface area contributed by atoms with Crippen molar-refractivity contribution in [3.05, 3.63) is 47.9 Å². The summed E-state index contributed by atoms with van der Waals surface area (Å²) in [5.41, 5.74) is 1.54. The molecule has 1 amide bonds. The fraction of sp³-hybridized carbons (Fsp3) is 0.412. The summed E-state index contributed by atoms with van der Waals surface area (Å²) >= 11 is 0. The molecule has 0 atom stereocenters. The van der Waals surface area contributed by atoms with E-state index in [2.05, 4.69) is 20.5 Å². The molecule has 2 aromatic rings. The first-order valence-electron chi connectivity index (χ1n) is 7.91. The van der Waals surface area contributed by atoms with E-state index in [4.69, 9.17) is 4.74 Å². The first-order valence-corrected chi connectivity index (χ1v) is 7.91. The third-order valence-corrected chi connectivity index (χ3v) is 3.57. The van der Waals surface area contributed by atoms with Gasteiger partial charge in [0.25, 0.3) is 5.91 Å². The van der Waals surface area contributed by atoms with Gasteiger partial charge in [0.1, 0.15) is 0 Å². The second-order valence-corrected chi connectivity index (χ2v) is 5.41. The summed E-state index contributed by atoms with van der Waals surface area (Å²) in [5, 5.41) is 10.9. The van der Waals surface area contributed by atoms with Crippen molar-refractivity contribution in [3.63, 3.8) is 0 Å². The lowest BCUT2D eigenvalue weighted by molar-refractivity contribution is 0.0942. The Balaban J connectivity index is 1.83. The molecule has 2 heterocycles. The lowest BCUT2D eigenvalue weighted by atomic mass is 10.2. The molecule has 7 heteroatoms. The highest BCUT2D eigenvalue weighted by Gasteiger charge is 2.09. The van der Waals surface area contributed by atoms with E-state index >= 15 is 0 Å². The highest BCUT2D eigenvalue weighted by molar-refractivity contribution is 5.92. The van der Waals surface area contributed by atoms with Gasteiger partial charge in [-0.15, -0.1) is 10.2 Å². The fourth-order valence-electron chi connectivity index (χ4n) is 2.12. The number of carbonyl (C=O) groups is 1. The van der Waals surface area contributed by atoms with Crippen LogP contribution in [-0.4, -0.2) is 54.9 Å². The van der Waals surface area contributed by atoms with Gasteiger partial charge in [-0.1, -0.05) is 0 Å². The SMILES string of the molecule is COCCCNC(=O)c1ccc(N(C)CCc2ccncc2)nn1. The highest BCUT2D eigenvalue weighted by Crippen LogP contribution is 2.09. The van der Waals surface area contributed by atoms with E-state index in [1.165, 1.54) is 5.56 Å². The van der Waals surface area contributed by atoms with Crippen LogP contribution in [0.1, 0.15) is 22.5 Å². The minimum atomic E-state index is -0.218. The molecule has 0 saturated heterocycles. The van der Waals surface area contributed by atoms with Crippen LogP contribution in [0, 0.1) is 0 Å². The molecule has 2 aromatic heterocycles. The molecule has 0 bridgehead atoms. The van der Waals surface area contributed by atoms with Crippen molar-refractivity contribution in [1.82, 2.24) is 20.5 Å². The zero-order valence-corrected chi connectivity index (χ0v) is 14.1. The molecule has 0 aliphatic carbocycles. The number of pyridine rings is 1. The van der Waals surface area contributed by atoms with Crippen LogP contribution in [0.4, 0.5) is 5.82 Å². The quantitative estimate of drug-likeness (QED) is 0.699. The van der Waals surface area contributed by atoms with Crippen LogP contribution < -0.4 is 10.2 Å². The summed E-state index contributed by atoms with van der Waals surface area (Å²) in [7, 11) is 3.59. The van der Waals surface area contributed by atoms with Crippen LogP contribution in [0.2, 0.25) is 0 Å². The molecule has 0 aliphatic heterocycles. The molecule has 1 N–H and O–H groups in total. The maximum Gasteiger partial charge on any atom is 0.271 e. The van der Waals surface area contributed by atoms with Crippen molar-refractivity contribution in [2.24, 2.45) is 0 Å². The van der Waals surface area contributed by atoms with Crippen LogP contribution in [0.15, 0.2) is 36.7 Å². The van der Waals surface area contributed by atoms with Gasteiger partial charge in [0.2, 0.25) is 0 Å². The fourth-order valence-corrected chi connectivity index (χ4v) is 2.12. The smallest absolute Gasteiger partial charge is 0.271 e. The molecule has 0 aliphatic rings. The van der Waals surface area contributed by atoms with Gasteiger partial charge < -0.3 is 15.0 Å². The maximum absolute atomic E-state index is 11.9. The Morgan fingerprint density at radius 2 is 2.00 bits per heavy atom. The second-order valence-electron chi connectivity index (χ2n) is 5.41. The van der Waals surface area contributed by atoms with Crippen LogP contribution in [0.5, 0.6) is 0 Å². The Morgan fingerprint density at radius 1 is 1.21 bits per heavy atom. The molecular weight excluding hydrogens is 306 g/mol. The van der Waals surface area contributed by atoms with Crippen LogP contribution in [0.3, 0.4) is 0 Å². The van der Waals surface area contributed by atoms with Crippen molar-refractivity contribution in [3.8, 4) is 0 Å². The number of anilines is 1. The number of rotatable bonds is 9. The number of hydrogen-bond acceptors (Lipinski definition) is 6. The maximum atomic E-state index is 11.9. The Hall–Kier alpha value is -2.54. The Kier molecular flexibility index (Phi) is 7.10. The predicted molar refractivity (Wildman–Crippen MR) is 92.1 cm³/mol. The number of methoxy groups -OCH3 is 1. The lowest BCUT2D eigenvalue weighted by Gasteiger charge is -2.17. The van der Waals surface area contributed by atoms with E-state index < -0.39 is 0 Å². The molecular formula is C17H23N5O2. The molecule has 0 fully saturated rings. The number of amides is 1. The third kappa shape index (κ3) is 5.58. The number of likely N-dealkylation sites (N-methyl/N-ethyl adjacent to an activating group) is 1. The molecule has 0 unspecified atom stereocenters. The van der Waals surface area contributed by atoms with E-state index in [1.54, 1.807) is 25.6 Å². The van der Waals surface area contributed by atoms with Crippen molar-refractivity contribution in [2.45, 2.75) is 12.8 Å². The molecule has 24 heavy (non-hydrogen) atoms.